The van der Waals surface area contributed by atoms with Crippen LogP contribution < -0.4 is 15.5 Å². The molecule has 0 amide bonds. The second-order valence-corrected chi connectivity index (χ2v) is 8.32. The molecule has 4 heterocycles. The van der Waals surface area contributed by atoms with Crippen LogP contribution in [-0.2, 0) is 6.54 Å². The van der Waals surface area contributed by atoms with Crippen LogP contribution in [0.2, 0.25) is 0 Å². The molecule has 150 valence electrons. The number of para-hydroxylation sites is 2. The summed E-state index contributed by atoms with van der Waals surface area (Å²) in [7, 11) is 0. The van der Waals surface area contributed by atoms with Gasteiger partial charge in [-0.2, -0.15) is 9.50 Å². The molecule has 5 rings (SSSR count). The summed E-state index contributed by atoms with van der Waals surface area (Å²) in [5.74, 6) is 2.21. The zero-order valence-electron chi connectivity index (χ0n) is 16.2. The molecule has 2 unspecified atom stereocenters. The molecule has 1 aliphatic heterocycles. The van der Waals surface area contributed by atoms with Crippen LogP contribution in [-0.4, -0.2) is 54.7 Å². The highest BCUT2D eigenvalue weighted by Crippen LogP contribution is 2.23. The summed E-state index contributed by atoms with van der Waals surface area (Å²) in [5.41, 5.74) is 2.64. The highest BCUT2D eigenvalue weighted by molar-refractivity contribution is 9.10. The maximum absolute atomic E-state index is 4.81. The Morgan fingerprint density at radius 1 is 1.17 bits per heavy atom. The predicted octanol–water partition coefficient (Wildman–Crippen LogP) is 2.56. The van der Waals surface area contributed by atoms with Gasteiger partial charge in [-0.25, -0.2) is 9.97 Å². The predicted molar refractivity (Wildman–Crippen MR) is 116 cm³/mol. The van der Waals surface area contributed by atoms with Crippen molar-refractivity contribution < 1.29 is 0 Å². The number of piperazine rings is 1. The van der Waals surface area contributed by atoms with E-state index in [0.717, 1.165) is 34.6 Å². The van der Waals surface area contributed by atoms with E-state index in [1.807, 2.05) is 24.3 Å². The van der Waals surface area contributed by atoms with Crippen LogP contribution in [0.25, 0.3) is 16.7 Å². The molecule has 2 atom stereocenters. The lowest BCUT2D eigenvalue weighted by Crippen LogP contribution is -2.54. The molecule has 0 bridgehead atoms. The topological polar surface area (TPSA) is 99.1 Å². The van der Waals surface area contributed by atoms with E-state index in [2.05, 4.69) is 60.3 Å². The van der Waals surface area contributed by atoms with Crippen LogP contribution >= 0.6 is 15.9 Å². The summed E-state index contributed by atoms with van der Waals surface area (Å²) in [6, 6.07) is 8.74. The third-order valence-electron chi connectivity index (χ3n) is 5.01. The second-order valence-electron chi connectivity index (χ2n) is 7.50. The van der Waals surface area contributed by atoms with Gasteiger partial charge < -0.3 is 20.5 Å². The van der Waals surface area contributed by atoms with Gasteiger partial charge in [-0.1, -0.05) is 12.1 Å². The Hall–Kier alpha value is -2.72. The van der Waals surface area contributed by atoms with Gasteiger partial charge in [-0.15, -0.1) is 5.10 Å². The zero-order chi connectivity index (χ0) is 20.0. The first-order valence-corrected chi connectivity index (χ1v) is 10.5. The maximum atomic E-state index is 4.81. The van der Waals surface area contributed by atoms with Crippen LogP contribution in [0.5, 0.6) is 0 Å². The number of nitrogens with zero attached hydrogens (tertiary/aromatic N) is 6. The van der Waals surface area contributed by atoms with Gasteiger partial charge >= 0.3 is 0 Å². The Bertz CT molecular complexity index is 1120. The van der Waals surface area contributed by atoms with Crippen LogP contribution in [0.4, 0.5) is 11.8 Å². The lowest BCUT2D eigenvalue weighted by Gasteiger charge is -2.36. The molecular formula is C19H22BrN9. The van der Waals surface area contributed by atoms with Crippen molar-refractivity contribution in [2.24, 2.45) is 0 Å². The minimum atomic E-state index is 0.372. The number of halogens is 1. The van der Waals surface area contributed by atoms with Gasteiger partial charge in [0.1, 0.15) is 10.4 Å². The van der Waals surface area contributed by atoms with Gasteiger partial charge in [0.2, 0.25) is 5.95 Å². The van der Waals surface area contributed by atoms with Crippen LogP contribution in [0.15, 0.2) is 35.1 Å². The average molecular weight is 456 g/mol. The number of benzene rings is 1. The Morgan fingerprint density at radius 3 is 2.76 bits per heavy atom. The Balaban J connectivity index is 1.47. The zero-order valence-corrected chi connectivity index (χ0v) is 17.8. The molecule has 10 heteroatoms. The van der Waals surface area contributed by atoms with Crippen molar-refractivity contribution in [2.45, 2.75) is 32.5 Å². The minimum absolute atomic E-state index is 0.372. The number of aromatic nitrogens is 6. The molecule has 1 aliphatic rings. The largest absolute Gasteiger partial charge is 0.360 e. The fourth-order valence-electron chi connectivity index (χ4n) is 3.84. The number of rotatable bonds is 4. The fraction of sp³-hybridized carbons (Fsp3) is 0.368. The van der Waals surface area contributed by atoms with E-state index >= 15 is 0 Å². The summed E-state index contributed by atoms with van der Waals surface area (Å²) in [6.45, 7) is 6.57. The molecular weight excluding hydrogens is 434 g/mol. The van der Waals surface area contributed by atoms with Crippen molar-refractivity contribution in [1.29, 1.82) is 0 Å². The quantitative estimate of drug-likeness (QED) is 0.434. The van der Waals surface area contributed by atoms with Gasteiger partial charge in [0.25, 0.3) is 0 Å². The Labute approximate surface area is 176 Å². The summed E-state index contributed by atoms with van der Waals surface area (Å²) in [6.07, 6.45) is 1.74. The first-order valence-electron chi connectivity index (χ1n) is 9.66. The van der Waals surface area contributed by atoms with Gasteiger partial charge in [-0.3, -0.25) is 0 Å². The lowest BCUT2D eigenvalue weighted by atomic mass is 10.1. The molecule has 0 saturated carbocycles. The van der Waals surface area contributed by atoms with E-state index in [0.29, 0.717) is 36.0 Å². The second kappa shape index (κ2) is 7.27. The van der Waals surface area contributed by atoms with Crippen LogP contribution in [0.3, 0.4) is 0 Å². The Morgan fingerprint density at radius 2 is 1.97 bits per heavy atom. The first kappa shape index (κ1) is 18.3. The van der Waals surface area contributed by atoms with Gasteiger partial charge in [0.15, 0.2) is 11.5 Å². The van der Waals surface area contributed by atoms with E-state index in [-0.39, 0.29) is 0 Å². The van der Waals surface area contributed by atoms with E-state index in [4.69, 9.17) is 10.1 Å². The van der Waals surface area contributed by atoms with E-state index < -0.39 is 0 Å². The summed E-state index contributed by atoms with van der Waals surface area (Å²) >= 11 is 3.54. The molecule has 0 aliphatic carbocycles. The molecule has 4 aromatic rings. The minimum Gasteiger partial charge on any atom is -0.360 e. The molecule has 29 heavy (non-hydrogen) atoms. The molecule has 0 spiro atoms. The van der Waals surface area contributed by atoms with E-state index in [9.17, 15) is 0 Å². The first-order chi connectivity index (χ1) is 14.1. The van der Waals surface area contributed by atoms with Gasteiger partial charge in [0, 0.05) is 25.2 Å². The highest BCUT2D eigenvalue weighted by atomic mass is 79.9. The van der Waals surface area contributed by atoms with Crippen molar-refractivity contribution in [3.63, 3.8) is 0 Å². The normalized spacial score (nSPS) is 19.9. The van der Waals surface area contributed by atoms with E-state index in [1.54, 1.807) is 10.7 Å². The summed E-state index contributed by atoms with van der Waals surface area (Å²) < 4.78 is 2.57. The van der Waals surface area contributed by atoms with Gasteiger partial charge in [0.05, 0.1) is 23.8 Å². The number of aromatic amines is 1. The molecule has 1 saturated heterocycles. The van der Waals surface area contributed by atoms with Crippen LogP contribution in [0, 0.1) is 0 Å². The lowest BCUT2D eigenvalue weighted by molar-refractivity contribution is 0.402. The monoisotopic (exact) mass is 455 g/mol. The number of imidazole rings is 2. The van der Waals surface area contributed by atoms with Gasteiger partial charge in [-0.05, 0) is 41.9 Å². The standard InChI is InChI=1S/C19H22BrN9/c1-11-9-28(10-12(2)23-11)19-26-17(18-22-7-15(20)29(18)27-19)21-8-16-24-13-5-3-4-6-14(13)25-16/h3-7,11-12,23H,8-10H2,1-2H3,(H,24,25)(H,21,26,27). The third-order valence-corrected chi connectivity index (χ3v) is 5.55. The Kier molecular flexibility index (Phi) is 4.59. The summed E-state index contributed by atoms with van der Waals surface area (Å²) in [5, 5.41) is 11.6. The van der Waals surface area contributed by atoms with Crippen LogP contribution in [0.1, 0.15) is 19.7 Å². The van der Waals surface area contributed by atoms with E-state index in [1.165, 1.54) is 0 Å². The number of nitrogens with one attached hydrogen (secondary N) is 3. The van der Waals surface area contributed by atoms with Crippen molar-refractivity contribution >= 4 is 44.4 Å². The number of H-pyrrole nitrogens is 1. The SMILES string of the molecule is CC1CN(c2nc(NCc3nc4ccccc4[nH]3)c3ncc(Br)n3n2)CC(C)N1. The maximum Gasteiger partial charge on any atom is 0.245 e. The van der Waals surface area contributed by atoms with Crippen molar-refractivity contribution in [2.75, 3.05) is 23.3 Å². The van der Waals surface area contributed by atoms with Crippen molar-refractivity contribution in [1.82, 2.24) is 34.9 Å². The molecule has 0 radical (unpaired) electrons. The molecule has 1 fully saturated rings. The van der Waals surface area contributed by atoms with Crippen molar-refractivity contribution in [3.05, 3.63) is 40.9 Å². The number of anilines is 2. The number of hydrogen-bond donors (Lipinski definition) is 3. The molecule has 3 aromatic heterocycles. The number of fused-ring (bicyclic) bond motifs is 2. The highest BCUT2D eigenvalue weighted by Gasteiger charge is 2.24. The number of hydrogen-bond acceptors (Lipinski definition) is 7. The summed E-state index contributed by atoms with van der Waals surface area (Å²) in [4.78, 5) is 19.4. The fourth-order valence-corrected chi connectivity index (χ4v) is 4.19. The molecule has 1 aromatic carbocycles. The average Bonchev–Trinajstić information content (AvgIpc) is 3.28. The smallest absolute Gasteiger partial charge is 0.245 e. The third kappa shape index (κ3) is 3.53. The molecule has 9 nitrogen and oxygen atoms in total. The molecule has 3 N–H and O–H groups in total. The van der Waals surface area contributed by atoms with Crippen molar-refractivity contribution in [3.8, 4) is 0 Å².